The number of halogens is 1. The summed E-state index contributed by atoms with van der Waals surface area (Å²) in [4.78, 5) is 0. The Balaban J connectivity index is 2.66. The minimum absolute atomic E-state index is 0.154. The average molecular weight is 251 g/mol. The van der Waals surface area contributed by atoms with Gasteiger partial charge in [-0.1, -0.05) is 38.8 Å². The third kappa shape index (κ3) is 4.77. The van der Waals surface area contributed by atoms with Crippen LogP contribution >= 0.6 is 0 Å². The van der Waals surface area contributed by atoms with Crippen LogP contribution in [0.4, 0.5) is 4.39 Å². The van der Waals surface area contributed by atoms with Crippen LogP contribution in [-0.4, -0.2) is 13.1 Å². The Morgan fingerprint density at radius 2 is 1.61 bits per heavy atom. The third-order valence-corrected chi connectivity index (χ3v) is 3.63. The monoisotopic (exact) mass is 251 g/mol. The predicted octanol–water partition coefficient (Wildman–Crippen LogP) is 4.17. The van der Waals surface area contributed by atoms with Gasteiger partial charge in [0, 0.05) is 6.04 Å². The molecule has 1 rings (SSSR count). The molecule has 0 spiro atoms. The van der Waals surface area contributed by atoms with E-state index in [1.807, 2.05) is 19.2 Å². The second kappa shape index (κ2) is 8.25. The van der Waals surface area contributed by atoms with Crippen LogP contribution in [-0.2, 0) is 6.42 Å². The Morgan fingerprint density at radius 1 is 1.06 bits per heavy atom. The first-order chi connectivity index (χ1) is 8.71. The van der Waals surface area contributed by atoms with Gasteiger partial charge in [0.1, 0.15) is 5.82 Å². The molecule has 2 heteroatoms. The first-order valence-corrected chi connectivity index (χ1v) is 7.12. The molecule has 0 radical (unpaired) electrons. The van der Waals surface area contributed by atoms with E-state index in [0.29, 0.717) is 6.04 Å². The molecule has 0 aliphatic rings. The van der Waals surface area contributed by atoms with Gasteiger partial charge >= 0.3 is 0 Å². The second-order valence-electron chi connectivity index (χ2n) is 5.06. The topological polar surface area (TPSA) is 12.0 Å². The molecule has 0 saturated heterocycles. The molecule has 1 N–H and O–H groups in total. The zero-order chi connectivity index (χ0) is 13.4. The summed E-state index contributed by atoms with van der Waals surface area (Å²) in [6.45, 7) is 4.49. The predicted molar refractivity (Wildman–Crippen MR) is 76.3 cm³/mol. The van der Waals surface area contributed by atoms with E-state index >= 15 is 0 Å². The minimum atomic E-state index is -0.154. The Bertz CT molecular complexity index is 314. The van der Waals surface area contributed by atoms with Crippen molar-refractivity contribution in [1.82, 2.24) is 5.32 Å². The van der Waals surface area contributed by atoms with Gasteiger partial charge in [0.25, 0.3) is 0 Å². The van der Waals surface area contributed by atoms with Gasteiger partial charge in [0.2, 0.25) is 0 Å². The lowest BCUT2D eigenvalue weighted by atomic mass is 9.87. The Hall–Kier alpha value is -0.890. The molecule has 1 atom stereocenters. The summed E-state index contributed by atoms with van der Waals surface area (Å²) in [6.07, 6.45) is 5.97. The molecule has 1 unspecified atom stereocenters. The standard InChI is InChI=1S/C16H26FN/c1-4-6-14(7-5-2)16(18-3)12-13-8-10-15(17)11-9-13/h8-11,14,16,18H,4-7,12H2,1-3H3. The van der Waals surface area contributed by atoms with E-state index in [1.165, 1.54) is 31.2 Å². The molecular formula is C16H26FN. The zero-order valence-electron chi connectivity index (χ0n) is 11.9. The maximum Gasteiger partial charge on any atom is 0.123 e. The Kier molecular flexibility index (Phi) is 6.96. The SMILES string of the molecule is CCCC(CCC)C(Cc1ccc(F)cc1)NC. The van der Waals surface area contributed by atoms with Crippen molar-refractivity contribution >= 4 is 0 Å². The van der Waals surface area contributed by atoms with E-state index in [9.17, 15) is 4.39 Å². The van der Waals surface area contributed by atoms with Gasteiger partial charge in [-0.15, -0.1) is 0 Å². The molecular weight excluding hydrogens is 225 g/mol. The summed E-state index contributed by atoms with van der Waals surface area (Å²) in [5, 5.41) is 3.44. The third-order valence-electron chi connectivity index (χ3n) is 3.63. The highest BCUT2D eigenvalue weighted by Crippen LogP contribution is 2.21. The molecule has 0 amide bonds. The van der Waals surface area contributed by atoms with Crippen molar-refractivity contribution in [3.63, 3.8) is 0 Å². The molecule has 0 aliphatic heterocycles. The van der Waals surface area contributed by atoms with Crippen LogP contribution in [0.1, 0.15) is 45.1 Å². The quantitative estimate of drug-likeness (QED) is 0.731. The largest absolute Gasteiger partial charge is 0.316 e. The maximum absolute atomic E-state index is 12.9. The van der Waals surface area contributed by atoms with E-state index in [2.05, 4.69) is 19.2 Å². The van der Waals surface area contributed by atoms with E-state index in [4.69, 9.17) is 0 Å². The van der Waals surface area contributed by atoms with Gasteiger partial charge in [-0.25, -0.2) is 4.39 Å². The fourth-order valence-corrected chi connectivity index (χ4v) is 2.67. The van der Waals surface area contributed by atoms with E-state index in [-0.39, 0.29) is 5.82 Å². The Morgan fingerprint density at radius 3 is 2.06 bits per heavy atom. The molecule has 0 saturated carbocycles. The lowest BCUT2D eigenvalue weighted by molar-refractivity contribution is 0.322. The summed E-state index contributed by atoms with van der Waals surface area (Å²) < 4.78 is 12.9. The van der Waals surface area contributed by atoms with Gasteiger partial charge < -0.3 is 5.32 Å². The summed E-state index contributed by atoms with van der Waals surface area (Å²) in [6, 6.07) is 7.40. The number of nitrogens with one attached hydrogen (secondary N) is 1. The molecule has 1 aromatic rings. The fraction of sp³-hybridized carbons (Fsp3) is 0.625. The molecule has 1 aromatic carbocycles. The molecule has 0 bridgehead atoms. The fourth-order valence-electron chi connectivity index (χ4n) is 2.67. The van der Waals surface area contributed by atoms with Gasteiger partial charge in [0.05, 0.1) is 0 Å². The number of rotatable bonds is 8. The van der Waals surface area contributed by atoms with Crippen LogP contribution in [0.25, 0.3) is 0 Å². The van der Waals surface area contributed by atoms with Crippen molar-refractivity contribution in [2.75, 3.05) is 7.05 Å². The molecule has 0 fully saturated rings. The van der Waals surface area contributed by atoms with Crippen LogP contribution < -0.4 is 5.32 Å². The highest BCUT2D eigenvalue weighted by molar-refractivity contribution is 5.17. The first kappa shape index (κ1) is 15.2. The first-order valence-electron chi connectivity index (χ1n) is 7.12. The van der Waals surface area contributed by atoms with E-state index < -0.39 is 0 Å². The molecule has 0 aliphatic carbocycles. The number of hydrogen-bond donors (Lipinski definition) is 1. The molecule has 0 heterocycles. The highest BCUT2D eigenvalue weighted by atomic mass is 19.1. The summed E-state index contributed by atoms with van der Waals surface area (Å²) >= 11 is 0. The second-order valence-corrected chi connectivity index (χ2v) is 5.06. The van der Waals surface area contributed by atoms with Crippen LogP contribution in [0.5, 0.6) is 0 Å². The van der Waals surface area contributed by atoms with Gasteiger partial charge in [-0.2, -0.15) is 0 Å². The van der Waals surface area contributed by atoms with E-state index in [1.54, 1.807) is 12.1 Å². The molecule has 1 nitrogen and oxygen atoms in total. The molecule has 18 heavy (non-hydrogen) atoms. The minimum Gasteiger partial charge on any atom is -0.316 e. The van der Waals surface area contributed by atoms with Crippen molar-refractivity contribution < 1.29 is 4.39 Å². The zero-order valence-corrected chi connectivity index (χ0v) is 11.9. The Labute approximate surface area is 111 Å². The van der Waals surface area contributed by atoms with Crippen LogP contribution in [0.2, 0.25) is 0 Å². The number of hydrogen-bond acceptors (Lipinski definition) is 1. The normalized spacial score (nSPS) is 12.9. The number of benzene rings is 1. The van der Waals surface area contributed by atoms with Crippen LogP contribution in [0.15, 0.2) is 24.3 Å². The van der Waals surface area contributed by atoms with Crippen molar-refractivity contribution in [2.24, 2.45) is 5.92 Å². The van der Waals surface area contributed by atoms with Crippen molar-refractivity contribution in [3.05, 3.63) is 35.6 Å². The summed E-state index contributed by atoms with van der Waals surface area (Å²) in [7, 11) is 2.03. The van der Waals surface area contributed by atoms with Crippen molar-refractivity contribution in [2.45, 2.75) is 52.0 Å². The highest BCUT2D eigenvalue weighted by Gasteiger charge is 2.18. The van der Waals surface area contributed by atoms with E-state index in [0.717, 1.165) is 12.3 Å². The van der Waals surface area contributed by atoms with Crippen LogP contribution in [0, 0.1) is 11.7 Å². The van der Waals surface area contributed by atoms with Crippen molar-refractivity contribution in [3.8, 4) is 0 Å². The molecule has 102 valence electrons. The summed E-state index contributed by atoms with van der Waals surface area (Å²) in [5.74, 6) is 0.563. The van der Waals surface area contributed by atoms with Crippen LogP contribution in [0.3, 0.4) is 0 Å². The lowest BCUT2D eigenvalue weighted by Crippen LogP contribution is -2.35. The van der Waals surface area contributed by atoms with Gasteiger partial charge in [-0.3, -0.25) is 0 Å². The summed E-state index contributed by atoms with van der Waals surface area (Å²) in [5.41, 5.74) is 1.22. The number of likely N-dealkylation sites (N-methyl/N-ethyl adjacent to an activating group) is 1. The lowest BCUT2D eigenvalue weighted by Gasteiger charge is -2.26. The smallest absolute Gasteiger partial charge is 0.123 e. The molecule has 0 aromatic heterocycles. The van der Waals surface area contributed by atoms with Crippen molar-refractivity contribution in [1.29, 1.82) is 0 Å². The maximum atomic E-state index is 12.9. The average Bonchev–Trinajstić information content (AvgIpc) is 2.38. The van der Waals surface area contributed by atoms with Gasteiger partial charge in [-0.05, 0) is 49.9 Å². The van der Waals surface area contributed by atoms with Gasteiger partial charge in [0.15, 0.2) is 0 Å².